The van der Waals surface area contributed by atoms with Gasteiger partial charge in [-0.1, -0.05) is 29.8 Å². The average Bonchev–Trinajstić information content (AvgIpc) is 2.79. The van der Waals surface area contributed by atoms with Crippen LogP contribution in [0.4, 0.5) is 5.69 Å². The molecule has 0 bridgehead atoms. The topological polar surface area (TPSA) is 70.2 Å². The lowest BCUT2D eigenvalue weighted by Crippen LogP contribution is -2.49. The number of halogens is 1. The molecule has 9 heteroatoms. The molecule has 4 rings (SSSR count). The van der Waals surface area contributed by atoms with Crippen molar-refractivity contribution in [3.63, 3.8) is 0 Å². The van der Waals surface area contributed by atoms with E-state index >= 15 is 0 Å². The fourth-order valence-corrected chi connectivity index (χ4v) is 5.96. The van der Waals surface area contributed by atoms with Gasteiger partial charge >= 0.3 is 0 Å². The van der Waals surface area contributed by atoms with E-state index in [0.29, 0.717) is 39.3 Å². The van der Waals surface area contributed by atoms with E-state index in [1.165, 1.54) is 22.5 Å². The van der Waals surface area contributed by atoms with Crippen LogP contribution < -0.4 is 4.90 Å². The van der Waals surface area contributed by atoms with Gasteiger partial charge in [-0.15, -0.1) is 0 Å². The van der Waals surface area contributed by atoms with Crippen LogP contribution in [0.1, 0.15) is 24.2 Å². The molecule has 172 valence electrons. The van der Waals surface area contributed by atoms with Crippen molar-refractivity contribution in [3.05, 3.63) is 59.1 Å². The SMILES string of the molecule is C[C@@H]1CN(C(=O)c2cc(S(=O)(=O)N3CCN(c4ccccc4)CC3)ccc2Cl)C[C@H](C)O1. The number of morpholine rings is 1. The molecule has 2 fully saturated rings. The lowest BCUT2D eigenvalue weighted by Gasteiger charge is -2.36. The first-order valence-electron chi connectivity index (χ1n) is 10.8. The molecule has 7 nitrogen and oxygen atoms in total. The molecule has 0 radical (unpaired) electrons. The van der Waals surface area contributed by atoms with E-state index in [1.54, 1.807) is 4.90 Å². The molecule has 2 aromatic carbocycles. The van der Waals surface area contributed by atoms with Gasteiger partial charge in [0.05, 0.1) is 27.7 Å². The summed E-state index contributed by atoms with van der Waals surface area (Å²) in [4.78, 5) is 17.1. The van der Waals surface area contributed by atoms with Crippen molar-refractivity contribution in [2.75, 3.05) is 44.2 Å². The number of amides is 1. The number of hydrogen-bond donors (Lipinski definition) is 0. The summed E-state index contributed by atoms with van der Waals surface area (Å²) in [5, 5.41) is 0.245. The molecule has 32 heavy (non-hydrogen) atoms. The van der Waals surface area contributed by atoms with E-state index in [9.17, 15) is 13.2 Å². The quantitative estimate of drug-likeness (QED) is 0.676. The summed E-state index contributed by atoms with van der Waals surface area (Å²) in [6, 6.07) is 14.3. The van der Waals surface area contributed by atoms with E-state index in [1.807, 2.05) is 44.2 Å². The molecule has 1 amide bonds. The summed E-state index contributed by atoms with van der Waals surface area (Å²) in [7, 11) is -3.74. The van der Waals surface area contributed by atoms with Crippen molar-refractivity contribution < 1.29 is 17.9 Å². The largest absolute Gasteiger partial charge is 0.372 e. The van der Waals surface area contributed by atoms with Gasteiger partial charge in [0, 0.05) is 45.0 Å². The molecule has 0 spiro atoms. The Kier molecular flexibility index (Phi) is 6.76. The van der Waals surface area contributed by atoms with Gasteiger partial charge in [0.1, 0.15) is 0 Å². The Hall–Kier alpha value is -2.13. The second-order valence-corrected chi connectivity index (χ2v) is 10.7. The minimum Gasteiger partial charge on any atom is -0.372 e. The smallest absolute Gasteiger partial charge is 0.255 e. The van der Waals surface area contributed by atoms with Crippen molar-refractivity contribution in [2.24, 2.45) is 0 Å². The van der Waals surface area contributed by atoms with Crippen LogP contribution in [-0.4, -0.2) is 75.0 Å². The Labute approximate surface area is 194 Å². The first kappa shape index (κ1) is 23.0. The second kappa shape index (κ2) is 9.39. The normalized spacial score (nSPS) is 22.7. The van der Waals surface area contributed by atoms with Gasteiger partial charge < -0.3 is 14.5 Å². The molecule has 2 heterocycles. The summed E-state index contributed by atoms with van der Waals surface area (Å²) >= 11 is 6.31. The predicted octanol–water partition coefficient (Wildman–Crippen LogP) is 3.10. The highest BCUT2D eigenvalue weighted by atomic mass is 35.5. The van der Waals surface area contributed by atoms with Crippen LogP contribution in [-0.2, 0) is 14.8 Å². The highest BCUT2D eigenvalue weighted by Crippen LogP contribution is 2.27. The van der Waals surface area contributed by atoms with E-state index in [0.717, 1.165) is 5.69 Å². The van der Waals surface area contributed by atoms with Gasteiger partial charge in [-0.2, -0.15) is 4.31 Å². The highest BCUT2D eigenvalue weighted by Gasteiger charge is 2.32. The van der Waals surface area contributed by atoms with Crippen LogP contribution >= 0.6 is 11.6 Å². The molecule has 0 N–H and O–H groups in total. The number of carbonyl (C=O) groups is 1. The number of benzene rings is 2. The van der Waals surface area contributed by atoms with E-state index in [4.69, 9.17) is 16.3 Å². The summed E-state index contributed by atoms with van der Waals surface area (Å²) in [5.74, 6) is -0.275. The molecule has 0 aromatic heterocycles. The third-order valence-corrected chi connectivity index (χ3v) is 8.10. The minimum absolute atomic E-state index is 0.0886. The first-order chi connectivity index (χ1) is 15.3. The Morgan fingerprint density at radius 1 is 0.969 bits per heavy atom. The number of hydrogen-bond acceptors (Lipinski definition) is 5. The first-order valence-corrected chi connectivity index (χ1v) is 12.6. The Balaban J connectivity index is 1.51. The van der Waals surface area contributed by atoms with Crippen molar-refractivity contribution >= 4 is 33.2 Å². The van der Waals surface area contributed by atoms with Crippen LogP contribution in [0.5, 0.6) is 0 Å². The van der Waals surface area contributed by atoms with Gasteiger partial charge in [0.15, 0.2) is 0 Å². The summed E-state index contributed by atoms with van der Waals surface area (Å²) in [6.45, 7) is 6.67. The molecule has 2 atom stereocenters. The monoisotopic (exact) mass is 477 g/mol. The summed E-state index contributed by atoms with van der Waals surface area (Å²) in [6.07, 6.45) is -0.177. The number of para-hydroxylation sites is 1. The van der Waals surface area contributed by atoms with Crippen molar-refractivity contribution in [1.29, 1.82) is 0 Å². The van der Waals surface area contributed by atoms with Crippen molar-refractivity contribution in [3.8, 4) is 0 Å². The lowest BCUT2D eigenvalue weighted by atomic mass is 10.1. The molecule has 0 saturated carbocycles. The number of anilines is 1. The average molecular weight is 478 g/mol. The number of ether oxygens (including phenoxy) is 1. The molecule has 2 aliphatic rings. The zero-order valence-corrected chi connectivity index (χ0v) is 19.8. The fourth-order valence-electron chi connectivity index (χ4n) is 4.32. The standard InChI is InChI=1S/C23H28ClN3O4S/c1-17-15-26(16-18(2)31-17)23(28)21-14-20(8-9-22(21)24)32(29,30)27-12-10-25(11-13-27)19-6-4-3-5-7-19/h3-9,14,17-18H,10-13,15-16H2,1-2H3/t17-,18+. The van der Waals surface area contributed by atoms with Crippen molar-refractivity contribution in [2.45, 2.75) is 31.0 Å². The number of rotatable bonds is 4. The molecule has 2 aliphatic heterocycles. The third-order valence-electron chi connectivity index (χ3n) is 5.87. The lowest BCUT2D eigenvalue weighted by molar-refractivity contribution is -0.0586. The van der Waals surface area contributed by atoms with Gasteiger partial charge in [0.2, 0.25) is 10.0 Å². The number of carbonyl (C=O) groups excluding carboxylic acids is 1. The Morgan fingerprint density at radius 3 is 2.22 bits per heavy atom. The van der Waals surface area contributed by atoms with E-state index in [2.05, 4.69) is 4.90 Å². The summed E-state index contributed by atoms with van der Waals surface area (Å²) in [5.41, 5.74) is 1.29. The molecule has 0 unspecified atom stereocenters. The second-order valence-electron chi connectivity index (χ2n) is 8.34. The molecule has 2 aromatic rings. The maximum absolute atomic E-state index is 13.3. The van der Waals surface area contributed by atoms with E-state index < -0.39 is 10.0 Å². The highest BCUT2D eigenvalue weighted by molar-refractivity contribution is 7.89. The van der Waals surface area contributed by atoms with Crippen LogP contribution in [0.3, 0.4) is 0 Å². The molecular weight excluding hydrogens is 450 g/mol. The fraction of sp³-hybridized carbons (Fsp3) is 0.435. The molecule has 0 aliphatic carbocycles. The molecular formula is C23H28ClN3O4S. The maximum atomic E-state index is 13.3. The number of nitrogens with zero attached hydrogens (tertiary/aromatic N) is 3. The molecule has 2 saturated heterocycles. The van der Waals surface area contributed by atoms with Gasteiger partial charge in [-0.05, 0) is 44.2 Å². The summed E-state index contributed by atoms with van der Waals surface area (Å²) < 4.78 is 33.8. The van der Waals surface area contributed by atoms with Crippen LogP contribution in [0.15, 0.2) is 53.4 Å². The minimum atomic E-state index is -3.74. The predicted molar refractivity (Wildman–Crippen MR) is 125 cm³/mol. The van der Waals surface area contributed by atoms with Gasteiger partial charge in [-0.25, -0.2) is 8.42 Å². The van der Waals surface area contributed by atoms with Crippen molar-refractivity contribution in [1.82, 2.24) is 9.21 Å². The van der Waals surface area contributed by atoms with Gasteiger partial charge in [0.25, 0.3) is 5.91 Å². The number of sulfonamides is 1. The Morgan fingerprint density at radius 2 is 1.59 bits per heavy atom. The maximum Gasteiger partial charge on any atom is 0.255 e. The number of piperazine rings is 1. The zero-order valence-electron chi connectivity index (χ0n) is 18.3. The van der Waals surface area contributed by atoms with Gasteiger partial charge in [-0.3, -0.25) is 4.79 Å². The van der Waals surface area contributed by atoms with Crippen LogP contribution in [0.2, 0.25) is 5.02 Å². The van der Waals surface area contributed by atoms with Crippen LogP contribution in [0, 0.1) is 0 Å². The zero-order chi connectivity index (χ0) is 22.9. The third kappa shape index (κ3) is 4.78. The van der Waals surface area contributed by atoms with E-state index in [-0.39, 0.29) is 33.6 Å². The Bertz CT molecular complexity index is 1060. The van der Waals surface area contributed by atoms with Crippen LogP contribution in [0.25, 0.3) is 0 Å².